The number of anilines is 1. The van der Waals surface area contributed by atoms with Crippen molar-refractivity contribution in [3.8, 4) is 11.1 Å². The van der Waals surface area contributed by atoms with Crippen LogP contribution in [0.15, 0.2) is 72.9 Å². The number of unbranched alkanes of at least 4 members (excludes halogenated alkanes) is 1. The van der Waals surface area contributed by atoms with Crippen LogP contribution < -0.4 is 5.32 Å². The van der Waals surface area contributed by atoms with E-state index in [4.69, 9.17) is 0 Å². The molecule has 6 heteroatoms. The lowest BCUT2D eigenvalue weighted by Gasteiger charge is -2.28. The summed E-state index contributed by atoms with van der Waals surface area (Å²) in [5.74, 6) is -0.562. The number of carbonyl (C=O) groups excluding carboxylic acids is 2. The number of nitrogens with zero attached hydrogens (tertiary/aromatic N) is 1. The zero-order chi connectivity index (χ0) is 24.4. The Hall–Kier alpha value is -3.80. The third kappa shape index (κ3) is 6.16. The molecule has 0 saturated carbocycles. The van der Waals surface area contributed by atoms with E-state index in [0.717, 1.165) is 29.5 Å². The fraction of sp³-hybridized carbons (Fsp3) is 0.286. The van der Waals surface area contributed by atoms with Crippen LogP contribution >= 0.6 is 0 Å². The summed E-state index contributed by atoms with van der Waals surface area (Å²) in [6.07, 6.45) is 5.40. The number of aldehydes is 1. The molecule has 0 radical (unpaired) electrons. The van der Waals surface area contributed by atoms with Gasteiger partial charge in [0.15, 0.2) is 0 Å². The molecule has 1 unspecified atom stereocenters. The summed E-state index contributed by atoms with van der Waals surface area (Å²) in [5.41, 5.74) is 2.05. The lowest BCUT2D eigenvalue weighted by atomic mass is 9.73. The summed E-state index contributed by atoms with van der Waals surface area (Å²) in [7, 11) is 0. The summed E-state index contributed by atoms with van der Waals surface area (Å²) >= 11 is 0. The highest BCUT2D eigenvalue weighted by Crippen LogP contribution is 2.34. The molecule has 2 N–H and O–H groups in total. The van der Waals surface area contributed by atoms with Crippen LogP contribution in [-0.4, -0.2) is 28.3 Å². The first-order valence-corrected chi connectivity index (χ1v) is 11.6. The van der Waals surface area contributed by atoms with Crippen molar-refractivity contribution in [2.75, 3.05) is 5.32 Å². The zero-order valence-electron chi connectivity index (χ0n) is 19.4. The summed E-state index contributed by atoms with van der Waals surface area (Å²) in [4.78, 5) is 40.0. The molecule has 6 nitrogen and oxygen atoms in total. The second kappa shape index (κ2) is 11.9. The van der Waals surface area contributed by atoms with Crippen LogP contribution in [0.4, 0.5) is 5.82 Å². The SMILES string of the molecule is CCCCC(=O)Nc1ccc(-c2ccc(C(CC=O)(CCc3ccccc3)C(=O)O)cc2)cn1. The topological polar surface area (TPSA) is 96.4 Å². The molecule has 1 heterocycles. The standard InChI is InChI=1S/C28H30N2O4/c1-2-3-9-26(32)30-25-15-12-23(20-29-25)22-10-13-24(14-11-22)28(18-19-31,27(33)34)17-16-21-7-5-4-6-8-21/h4-8,10-15,19-20H,2-3,9,16-18H2,1H3,(H,33,34)(H,29,30,32). The van der Waals surface area contributed by atoms with Crippen LogP contribution in [0.5, 0.6) is 0 Å². The Kier molecular flexibility index (Phi) is 8.68. The van der Waals surface area contributed by atoms with Gasteiger partial charge in [0.05, 0.1) is 5.41 Å². The van der Waals surface area contributed by atoms with Gasteiger partial charge in [-0.3, -0.25) is 9.59 Å². The number of carboxylic acid groups (broad SMARTS) is 1. The highest BCUT2D eigenvalue weighted by molar-refractivity contribution is 5.90. The molecule has 0 aliphatic heterocycles. The number of carbonyl (C=O) groups is 3. The minimum atomic E-state index is -1.29. The number of nitrogens with one attached hydrogen (secondary N) is 1. The maximum absolute atomic E-state index is 12.4. The quantitative estimate of drug-likeness (QED) is 0.353. The second-order valence-corrected chi connectivity index (χ2v) is 8.40. The van der Waals surface area contributed by atoms with Crippen LogP contribution in [-0.2, 0) is 26.2 Å². The number of aromatic nitrogens is 1. The Balaban J connectivity index is 1.78. The van der Waals surface area contributed by atoms with E-state index in [9.17, 15) is 19.5 Å². The monoisotopic (exact) mass is 458 g/mol. The Morgan fingerprint density at radius 3 is 2.29 bits per heavy atom. The summed E-state index contributed by atoms with van der Waals surface area (Å²) in [6, 6.07) is 20.5. The molecule has 0 fully saturated rings. The molecular weight excluding hydrogens is 428 g/mol. The van der Waals surface area contributed by atoms with Gasteiger partial charge in [-0.25, -0.2) is 4.98 Å². The molecule has 0 bridgehead atoms. The fourth-order valence-corrected chi connectivity index (χ4v) is 3.99. The molecule has 1 aromatic heterocycles. The molecule has 3 rings (SSSR count). The summed E-state index contributed by atoms with van der Waals surface area (Å²) < 4.78 is 0. The minimum Gasteiger partial charge on any atom is -0.481 e. The maximum Gasteiger partial charge on any atom is 0.314 e. The van der Waals surface area contributed by atoms with E-state index >= 15 is 0 Å². The van der Waals surface area contributed by atoms with Gasteiger partial charge in [-0.1, -0.05) is 67.9 Å². The van der Waals surface area contributed by atoms with E-state index in [1.165, 1.54) is 0 Å². The van der Waals surface area contributed by atoms with Gasteiger partial charge in [0.25, 0.3) is 0 Å². The highest BCUT2D eigenvalue weighted by Gasteiger charge is 2.39. The van der Waals surface area contributed by atoms with E-state index in [-0.39, 0.29) is 12.3 Å². The van der Waals surface area contributed by atoms with Gasteiger partial charge >= 0.3 is 5.97 Å². The van der Waals surface area contributed by atoms with Crippen molar-refractivity contribution in [2.45, 2.75) is 50.9 Å². The lowest BCUT2D eigenvalue weighted by molar-refractivity contribution is -0.145. The molecule has 0 aliphatic rings. The molecule has 1 amide bonds. The number of carboxylic acids is 1. The first-order valence-electron chi connectivity index (χ1n) is 11.6. The van der Waals surface area contributed by atoms with E-state index < -0.39 is 11.4 Å². The second-order valence-electron chi connectivity index (χ2n) is 8.40. The lowest BCUT2D eigenvalue weighted by Crippen LogP contribution is -2.37. The van der Waals surface area contributed by atoms with E-state index in [1.54, 1.807) is 24.4 Å². The first kappa shape index (κ1) is 24.8. The van der Waals surface area contributed by atoms with Crippen molar-refractivity contribution in [3.63, 3.8) is 0 Å². The molecule has 0 aliphatic carbocycles. The number of hydrogen-bond donors (Lipinski definition) is 2. The van der Waals surface area contributed by atoms with Crippen molar-refractivity contribution < 1.29 is 19.5 Å². The minimum absolute atomic E-state index is 0.0536. The zero-order valence-corrected chi connectivity index (χ0v) is 19.4. The number of aliphatic carboxylic acids is 1. The number of benzene rings is 2. The van der Waals surface area contributed by atoms with Crippen molar-refractivity contribution in [1.82, 2.24) is 4.98 Å². The Morgan fingerprint density at radius 1 is 1.00 bits per heavy atom. The Morgan fingerprint density at radius 2 is 1.71 bits per heavy atom. The van der Waals surface area contributed by atoms with Crippen LogP contribution in [0.2, 0.25) is 0 Å². The molecule has 3 aromatic rings. The van der Waals surface area contributed by atoms with Gasteiger partial charge < -0.3 is 15.2 Å². The number of amides is 1. The molecule has 34 heavy (non-hydrogen) atoms. The fourth-order valence-electron chi connectivity index (χ4n) is 3.99. The predicted molar refractivity (Wildman–Crippen MR) is 133 cm³/mol. The van der Waals surface area contributed by atoms with Crippen molar-refractivity contribution >= 4 is 24.0 Å². The van der Waals surface area contributed by atoms with E-state index in [2.05, 4.69) is 10.3 Å². The summed E-state index contributed by atoms with van der Waals surface area (Å²) in [6.45, 7) is 2.04. The van der Waals surface area contributed by atoms with Crippen LogP contribution in [0.3, 0.4) is 0 Å². The van der Waals surface area contributed by atoms with Gasteiger partial charge in [0.1, 0.15) is 12.1 Å². The van der Waals surface area contributed by atoms with Gasteiger partial charge in [0, 0.05) is 24.6 Å². The third-order valence-corrected chi connectivity index (χ3v) is 6.08. The van der Waals surface area contributed by atoms with Crippen LogP contribution in [0.25, 0.3) is 11.1 Å². The Labute approximate surface area is 200 Å². The first-order chi connectivity index (χ1) is 16.5. The largest absolute Gasteiger partial charge is 0.481 e. The summed E-state index contributed by atoms with van der Waals surface area (Å²) in [5, 5.41) is 12.9. The normalized spacial score (nSPS) is 12.5. The molecular formula is C28H30N2O4. The van der Waals surface area contributed by atoms with E-state index in [0.29, 0.717) is 36.9 Å². The van der Waals surface area contributed by atoms with Gasteiger partial charge in [-0.2, -0.15) is 0 Å². The van der Waals surface area contributed by atoms with Crippen LogP contribution in [0, 0.1) is 0 Å². The average Bonchev–Trinajstić information content (AvgIpc) is 2.86. The molecule has 0 spiro atoms. The van der Waals surface area contributed by atoms with Gasteiger partial charge in [-0.15, -0.1) is 0 Å². The van der Waals surface area contributed by atoms with Crippen LogP contribution in [0.1, 0.15) is 50.2 Å². The molecule has 2 aromatic carbocycles. The smallest absolute Gasteiger partial charge is 0.314 e. The van der Waals surface area contributed by atoms with Crippen molar-refractivity contribution in [2.24, 2.45) is 0 Å². The van der Waals surface area contributed by atoms with E-state index in [1.807, 2.05) is 55.5 Å². The molecule has 0 saturated heterocycles. The number of pyridine rings is 1. The van der Waals surface area contributed by atoms with Crippen molar-refractivity contribution in [1.29, 1.82) is 0 Å². The molecule has 1 atom stereocenters. The number of rotatable bonds is 12. The Bertz CT molecular complexity index is 1100. The average molecular weight is 459 g/mol. The third-order valence-electron chi connectivity index (χ3n) is 6.08. The number of aryl methyl sites for hydroxylation is 1. The van der Waals surface area contributed by atoms with Gasteiger partial charge in [-0.05, 0) is 48.1 Å². The van der Waals surface area contributed by atoms with Crippen molar-refractivity contribution in [3.05, 3.63) is 84.1 Å². The number of hydrogen-bond acceptors (Lipinski definition) is 4. The molecule has 176 valence electrons. The highest BCUT2D eigenvalue weighted by atomic mass is 16.4. The maximum atomic E-state index is 12.4. The van der Waals surface area contributed by atoms with Gasteiger partial charge in [0.2, 0.25) is 5.91 Å². The predicted octanol–water partition coefficient (Wildman–Crippen LogP) is 5.42.